The van der Waals surface area contributed by atoms with Crippen molar-refractivity contribution in [2.45, 2.75) is 38.6 Å². The van der Waals surface area contributed by atoms with Gasteiger partial charge in [-0.3, -0.25) is 10.2 Å². The van der Waals surface area contributed by atoms with E-state index in [1.807, 2.05) is 0 Å². The molecule has 2 rings (SSSR count). The molecule has 3 N–H and O–H groups in total. The number of nitrogens with one attached hydrogen (secondary N) is 1. The molecule has 1 unspecified atom stereocenters. The second-order valence-corrected chi connectivity index (χ2v) is 4.90. The second kappa shape index (κ2) is 5.87. The van der Waals surface area contributed by atoms with Crippen molar-refractivity contribution < 1.29 is 4.79 Å². The molecule has 0 saturated heterocycles. The Morgan fingerprint density at radius 1 is 1.44 bits per heavy atom. The van der Waals surface area contributed by atoms with Crippen molar-refractivity contribution >= 4 is 11.6 Å². The highest BCUT2D eigenvalue weighted by Gasteiger charge is 2.21. The molecule has 0 saturated carbocycles. The number of nitrogens with zero attached hydrogens (tertiary/aromatic N) is 1. The quantitative estimate of drug-likeness (QED) is 0.484. The van der Waals surface area contributed by atoms with Gasteiger partial charge in [-0.1, -0.05) is 18.2 Å². The fourth-order valence-electron chi connectivity index (χ4n) is 2.62. The maximum Gasteiger partial charge on any atom is 0.235 e. The van der Waals surface area contributed by atoms with Crippen LogP contribution in [0.3, 0.4) is 0 Å². The number of carbonyl (C=O) groups excluding carboxylic acids is 1. The Hall–Kier alpha value is -1.55. The molecule has 0 radical (unpaired) electrons. The number of hydrogen-bond donors (Lipinski definition) is 2. The van der Waals surface area contributed by atoms with Crippen LogP contribution in [0.1, 0.15) is 31.7 Å². The van der Waals surface area contributed by atoms with E-state index < -0.39 is 0 Å². The fourth-order valence-corrected chi connectivity index (χ4v) is 2.62. The van der Waals surface area contributed by atoms with E-state index in [0.29, 0.717) is 6.42 Å². The molecule has 1 aliphatic rings. The number of benzene rings is 1. The van der Waals surface area contributed by atoms with Crippen molar-refractivity contribution in [2.75, 3.05) is 11.4 Å². The van der Waals surface area contributed by atoms with Crippen molar-refractivity contribution in [1.29, 1.82) is 0 Å². The number of nitrogens with two attached hydrogens (primary N) is 1. The monoisotopic (exact) mass is 247 g/mol. The second-order valence-electron chi connectivity index (χ2n) is 4.90. The molecule has 0 aliphatic carbocycles. The first-order valence-electron chi connectivity index (χ1n) is 6.56. The van der Waals surface area contributed by atoms with Gasteiger partial charge in [0.1, 0.15) is 0 Å². The Morgan fingerprint density at radius 3 is 3.00 bits per heavy atom. The summed E-state index contributed by atoms with van der Waals surface area (Å²) in [6, 6.07) is 8.65. The topological polar surface area (TPSA) is 58.4 Å². The van der Waals surface area contributed by atoms with Crippen LogP contribution >= 0.6 is 0 Å². The van der Waals surface area contributed by atoms with Gasteiger partial charge in [-0.2, -0.15) is 0 Å². The highest BCUT2D eigenvalue weighted by molar-refractivity contribution is 5.76. The molecule has 18 heavy (non-hydrogen) atoms. The van der Waals surface area contributed by atoms with Gasteiger partial charge in [-0.15, -0.1) is 0 Å². The summed E-state index contributed by atoms with van der Waals surface area (Å²) in [4.78, 5) is 13.7. The van der Waals surface area contributed by atoms with Gasteiger partial charge in [0.05, 0.1) is 0 Å². The van der Waals surface area contributed by atoms with Gasteiger partial charge in [-0.05, 0) is 37.8 Å². The van der Waals surface area contributed by atoms with Crippen LogP contribution in [0.4, 0.5) is 5.69 Å². The standard InChI is InChI=1S/C14H21N3O/c1-11(10-14(18)16-15)17-9-5-4-7-12-6-2-3-8-13(12)17/h2-3,6,8,11H,4-5,7,9-10,15H2,1H3,(H,16,18). The van der Waals surface area contributed by atoms with Crippen molar-refractivity contribution in [2.24, 2.45) is 5.84 Å². The van der Waals surface area contributed by atoms with Crippen LogP contribution in [-0.4, -0.2) is 18.5 Å². The molecule has 0 fully saturated rings. The Labute approximate surface area is 108 Å². The molecule has 1 aromatic carbocycles. The summed E-state index contributed by atoms with van der Waals surface area (Å²) in [5.41, 5.74) is 4.86. The lowest BCUT2D eigenvalue weighted by Crippen LogP contribution is -2.40. The number of anilines is 1. The third kappa shape index (κ3) is 2.82. The summed E-state index contributed by atoms with van der Waals surface area (Å²) in [7, 11) is 0. The highest BCUT2D eigenvalue weighted by Crippen LogP contribution is 2.28. The van der Waals surface area contributed by atoms with Crippen LogP contribution in [0.2, 0.25) is 0 Å². The van der Waals surface area contributed by atoms with E-state index in [1.54, 1.807) is 0 Å². The molecule has 1 amide bonds. The number of rotatable bonds is 3. The molecule has 1 aromatic rings. The summed E-state index contributed by atoms with van der Waals surface area (Å²) < 4.78 is 0. The van der Waals surface area contributed by atoms with Gasteiger partial charge in [0.25, 0.3) is 0 Å². The van der Waals surface area contributed by atoms with Crippen molar-refractivity contribution in [1.82, 2.24) is 5.43 Å². The lowest BCUT2D eigenvalue weighted by atomic mass is 10.1. The molecule has 0 aromatic heterocycles. The largest absolute Gasteiger partial charge is 0.368 e. The first kappa shape index (κ1) is 12.9. The zero-order valence-corrected chi connectivity index (χ0v) is 10.9. The lowest BCUT2D eigenvalue weighted by molar-refractivity contribution is -0.121. The number of carbonyl (C=O) groups is 1. The van der Waals surface area contributed by atoms with Crippen molar-refractivity contribution in [3.8, 4) is 0 Å². The number of para-hydroxylation sites is 1. The van der Waals surface area contributed by atoms with Crippen LogP contribution < -0.4 is 16.2 Å². The van der Waals surface area contributed by atoms with E-state index >= 15 is 0 Å². The normalized spacial score (nSPS) is 16.7. The van der Waals surface area contributed by atoms with E-state index in [1.165, 1.54) is 24.1 Å². The molecular formula is C14H21N3O. The maximum atomic E-state index is 11.4. The van der Waals surface area contributed by atoms with Crippen LogP contribution in [0.25, 0.3) is 0 Å². The number of fused-ring (bicyclic) bond motifs is 1. The summed E-state index contributed by atoms with van der Waals surface area (Å²) >= 11 is 0. The van der Waals surface area contributed by atoms with Crippen LogP contribution in [0.15, 0.2) is 24.3 Å². The van der Waals surface area contributed by atoms with Gasteiger partial charge >= 0.3 is 0 Å². The average Bonchev–Trinajstić information content (AvgIpc) is 2.60. The summed E-state index contributed by atoms with van der Waals surface area (Å²) in [6.07, 6.45) is 3.94. The number of hydrogen-bond acceptors (Lipinski definition) is 3. The lowest BCUT2D eigenvalue weighted by Gasteiger charge is -2.31. The van der Waals surface area contributed by atoms with E-state index in [-0.39, 0.29) is 11.9 Å². The smallest absolute Gasteiger partial charge is 0.235 e. The van der Waals surface area contributed by atoms with E-state index in [0.717, 1.165) is 13.0 Å². The summed E-state index contributed by atoms with van der Waals surface area (Å²) in [5.74, 6) is 5.05. The first-order valence-corrected chi connectivity index (χ1v) is 6.56. The Balaban J connectivity index is 2.19. The Kier molecular flexibility index (Phi) is 4.20. The van der Waals surface area contributed by atoms with Gasteiger partial charge in [0.2, 0.25) is 5.91 Å². The van der Waals surface area contributed by atoms with Crippen LogP contribution in [-0.2, 0) is 11.2 Å². The molecular weight excluding hydrogens is 226 g/mol. The van der Waals surface area contributed by atoms with Crippen LogP contribution in [0, 0.1) is 0 Å². The third-order valence-corrected chi connectivity index (χ3v) is 3.57. The third-order valence-electron chi connectivity index (χ3n) is 3.57. The predicted molar refractivity (Wildman–Crippen MR) is 73.1 cm³/mol. The Bertz CT molecular complexity index is 419. The number of amides is 1. The van der Waals surface area contributed by atoms with Gasteiger partial charge < -0.3 is 4.90 Å². The zero-order valence-electron chi connectivity index (χ0n) is 10.9. The predicted octanol–water partition coefficient (Wildman–Crippen LogP) is 1.60. The van der Waals surface area contributed by atoms with Gasteiger partial charge in [-0.25, -0.2) is 5.84 Å². The molecule has 4 nitrogen and oxygen atoms in total. The zero-order chi connectivity index (χ0) is 13.0. The molecule has 4 heteroatoms. The Morgan fingerprint density at radius 2 is 2.22 bits per heavy atom. The fraction of sp³-hybridized carbons (Fsp3) is 0.500. The van der Waals surface area contributed by atoms with Gasteiger partial charge in [0.15, 0.2) is 0 Å². The minimum Gasteiger partial charge on any atom is -0.368 e. The average molecular weight is 247 g/mol. The van der Waals surface area contributed by atoms with E-state index in [4.69, 9.17) is 5.84 Å². The number of aryl methyl sites for hydroxylation is 1. The molecule has 1 heterocycles. The SMILES string of the molecule is CC(CC(=O)NN)N1CCCCc2ccccc21. The van der Waals surface area contributed by atoms with Gasteiger partial charge in [0, 0.05) is 24.7 Å². The first-order chi connectivity index (χ1) is 8.72. The summed E-state index contributed by atoms with van der Waals surface area (Å²) in [6.45, 7) is 3.09. The van der Waals surface area contributed by atoms with Crippen molar-refractivity contribution in [3.63, 3.8) is 0 Å². The maximum absolute atomic E-state index is 11.4. The highest BCUT2D eigenvalue weighted by atomic mass is 16.2. The summed E-state index contributed by atoms with van der Waals surface area (Å²) in [5, 5.41) is 0. The molecule has 0 bridgehead atoms. The molecule has 1 aliphatic heterocycles. The molecule has 98 valence electrons. The number of hydrazine groups is 1. The minimum atomic E-state index is -0.107. The van der Waals surface area contributed by atoms with Crippen molar-refractivity contribution in [3.05, 3.63) is 29.8 Å². The minimum absolute atomic E-state index is 0.107. The van der Waals surface area contributed by atoms with Crippen LogP contribution in [0.5, 0.6) is 0 Å². The van der Waals surface area contributed by atoms with E-state index in [9.17, 15) is 4.79 Å². The molecule has 1 atom stereocenters. The molecule has 0 spiro atoms. The van der Waals surface area contributed by atoms with E-state index in [2.05, 4.69) is 41.5 Å².